The van der Waals surface area contributed by atoms with Crippen LogP contribution >= 0.6 is 11.6 Å². The average Bonchev–Trinajstić information content (AvgIpc) is 2.46. The summed E-state index contributed by atoms with van der Waals surface area (Å²) in [6.45, 7) is 0.938. The van der Waals surface area contributed by atoms with Crippen LogP contribution in [0.5, 0.6) is 5.75 Å². The third-order valence-electron chi connectivity index (χ3n) is 2.42. The molecule has 0 aromatic heterocycles. The first-order chi connectivity index (χ1) is 9.19. The first-order valence-corrected chi connectivity index (χ1v) is 6.37. The van der Waals surface area contributed by atoms with Crippen LogP contribution in [0.1, 0.15) is 10.9 Å². The van der Waals surface area contributed by atoms with Crippen LogP contribution in [-0.2, 0) is 9.53 Å². The number of rotatable bonds is 8. The van der Waals surface area contributed by atoms with Crippen LogP contribution in [0, 0.1) is 0 Å². The van der Waals surface area contributed by atoms with Crippen LogP contribution in [0.2, 0.25) is 0 Å². The molecule has 1 rings (SSSR count). The minimum Gasteiger partial charge on any atom is -0.497 e. The highest BCUT2D eigenvalue weighted by Crippen LogP contribution is 2.22. The van der Waals surface area contributed by atoms with Gasteiger partial charge in [0, 0.05) is 6.54 Å². The molecule has 0 spiro atoms. The number of aliphatic hydroxyl groups excluding tert-OH is 1. The Morgan fingerprint density at radius 1 is 1.37 bits per heavy atom. The van der Waals surface area contributed by atoms with E-state index in [1.807, 2.05) is 0 Å². The summed E-state index contributed by atoms with van der Waals surface area (Å²) in [5.74, 6) is 0.435. The molecule has 0 aliphatic heterocycles. The van der Waals surface area contributed by atoms with Crippen molar-refractivity contribution in [1.29, 1.82) is 0 Å². The van der Waals surface area contributed by atoms with Crippen LogP contribution < -0.4 is 10.1 Å². The second-order valence-corrected chi connectivity index (χ2v) is 4.20. The number of ether oxygens (including phenoxy) is 2. The summed E-state index contributed by atoms with van der Waals surface area (Å²) in [5.41, 5.74) is 0.705. The summed E-state index contributed by atoms with van der Waals surface area (Å²) in [4.78, 5) is 11.8. The quantitative estimate of drug-likeness (QED) is 0.555. The van der Waals surface area contributed by atoms with Gasteiger partial charge < -0.3 is 19.9 Å². The van der Waals surface area contributed by atoms with E-state index in [0.29, 0.717) is 24.5 Å². The molecule has 0 radical (unpaired) electrons. The lowest BCUT2D eigenvalue weighted by atomic mass is 10.1. The maximum atomic E-state index is 11.8. The SMILES string of the molecule is COc1ccc(C(Cl)C(=O)NCCOCCO)cc1. The van der Waals surface area contributed by atoms with E-state index in [-0.39, 0.29) is 19.1 Å². The maximum Gasteiger partial charge on any atom is 0.242 e. The van der Waals surface area contributed by atoms with Crippen molar-refractivity contribution < 1.29 is 19.4 Å². The molecule has 1 unspecified atom stereocenters. The van der Waals surface area contributed by atoms with Crippen LogP contribution in [0.15, 0.2) is 24.3 Å². The molecule has 1 aromatic rings. The Bertz CT molecular complexity index is 383. The zero-order valence-electron chi connectivity index (χ0n) is 10.8. The third-order valence-corrected chi connectivity index (χ3v) is 2.87. The van der Waals surface area contributed by atoms with Gasteiger partial charge in [-0.1, -0.05) is 12.1 Å². The molecule has 0 bridgehead atoms. The number of carbonyl (C=O) groups is 1. The number of alkyl halides is 1. The lowest BCUT2D eigenvalue weighted by Gasteiger charge is -2.11. The number of carbonyl (C=O) groups excluding carboxylic acids is 1. The topological polar surface area (TPSA) is 67.8 Å². The number of halogens is 1. The van der Waals surface area contributed by atoms with Crippen molar-refractivity contribution in [3.63, 3.8) is 0 Å². The number of aliphatic hydroxyl groups is 1. The normalized spacial score (nSPS) is 11.9. The standard InChI is InChI=1S/C13H18ClNO4/c1-18-11-4-2-10(3-5-11)12(14)13(17)15-6-8-19-9-7-16/h2-5,12,16H,6-9H2,1H3,(H,15,17). The van der Waals surface area contributed by atoms with Crippen LogP contribution in [0.3, 0.4) is 0 Å². The Hall–Kier alpha value is -1.30. The molecule has 2 N–H and O–H groups in total. The van der Waals surface area contributed by atoms with Gasteiger partial charge in [-0.3, -0.25) is 4.79 Å². The molecule has 5 nitrogen and oxygen atoms in total. The van der Waals surface area contributed by atoms with Gasteiger partial charge in [-0.25, -0.2) is 0 Å². The fourth-order valence-corrected chi connectivity index (χ4v) is 1.65. The van der Waals surface area contributed by atoms with E-state index in [2.05, 4.69) is 5.32 Å². The Morgan fingerprint density at radius 2 is 2.05 bits per heavy atom. The van der Waals surface area contributed by atoms with Gasteiger partial charge >= 0.3 is 0 Å². The highest BCUT2D eigenvalue weighted by molar-refractivity contribution is 6.30. The molecule has 1 aromatic carbocycles. The summed E-state index contributed by atoms with van der Waals surface area (Å²) in [5, 5.41) is 10.4. The van der Waals surface area contributed by atoms with Crippen molar-refractivity contribution in [3.8, 4) is 5.75 Å². The molecule has 0 fully saturated rings. The van der Waals surface area contributed by atoms with Crippen molar-refractivity contribution in [2.45, 2.75) is 5.38 Å². The lowest BCUT2D eigenvalue weighted by Crippen LogP contribution is -2.30. The van der Waals surface area contributed by atoms with Gasteiger partial charge in [-0.2, -0.15) is 0 Å². The lowest BCUT2D eigenvalue weighted by molar-refractivity contribution is -0.121. The highest BCUT2D eigenvalue weighted by atomic mass is 35.5. The molecule has 1 amide bonds. The molecule has 0 aliphatic rings. The summed E-state index contributed by atoms with van der Waals surface area (Å²) in [7, 11) is 1.58. The van der Waals surface area contributed by atoms with Crippen molar-refractivity contribution in [3.05, 3.63) is 29.8 Å². The smallest absolute Gasteiger partial charge is 0.242 e. The molecule has 0 saturated heterocycles. The third kappa shape index (κ3) is 5.46. The van der Waals surface area contributed by atoms with Crippen molar-refractivity contribution in [2.24, 2.45) is 0 Å². The van der Waals surface area contributed by atoms with Crippen LogP contribution in [0.25, 0.3) is 0 Å². The van der Waals surface area contributed by atoms with E-state index in [9.17, 15) is 4.79 Å². The first kappa shape index (κ1) is 15.8. The Labute approximate surface area is 117 Å². The van der Waals surface area contributed by atoms with Gasteiger partial charge in [0.25, 0.3) is 0 Å². The molecule has 106 valence electrons. The predicted molar refractivity (Wildman–Crippen MR) is 72.5 cm³/mol. The molecule has 0 saturated carbocycles. The Balaban J connectivity index is 2.38. The molecule has 1 atom stereocenters. The van der Waals surface area contributed by atoms with Gasteiger partial charge in [0.1, 0.15) is 11.1 Å². The number of methoxy groups -OCH3 is 1. The largest absolute Gasteiger partial charge is 0.497 e. The monoisotopic (exact) mass is 287 g/mol. The zero-order chi connectivity index (χ0) is 14.1. The van der Waals surface area contributed by atoms with Crippen molar-refractivity contribution in [2.75, 3.05) is 33.5 Å². The van der Waals surface area contributed by atoms with Gasteiger partial charge in [-0.05, 0) is 17.7 Å². The van der Waals surface area contributed by atoms with Crippen LogP contribution in [0.4, 0.5) is 0 Å². The number of hydrogen-bond acceptors (Lipinski definition) is 4. The van der Waals surface area contributed by atoms with E-state index in [0.717, 1.165) is 0 Å². The van der Waals surface area contributed by atoms with Gasteiger partial charge in [0.15, 0.2) is 0 Å². The fraction of sp³-hybridized carbons (Fsp3) is 0.462. The molecule has 6 heteroatoms. The Kier molecular flexibility index (Phi) is 7.25. The van der Waals surface area contributed by atoms with Crippen molar-refractivity contribution >= 4 is 17.5 Å². The van der Waals surface area contributed by atoms with E-state index < -0.39 is 5.38 Å². The number of benzene rings is 1. The first-order valence-electron chi connectivity index (χ1n) is 5.93. The summed E-state index contributed by atoms with van der Waals surface area (Å²) in [6.07, 6.45) is 0. The van der Waals surface area contributed by atoms with E-state index >= 15 is 0 Å². The number of amides is 1. The highest BCUT2D eigenvalue weighted by Gasteiger charge is 2.16. The average molecular weight is 288 g/mol. The molecule has 0 heterocycles. The molecule has 19 heavy (non-hydrogen) atoms. The predicted octanol–water partition coefficient (Wildman–Crippen LogP) is 1.10. The van der Waals surface area contributed by atoms with E-state index in [1.54, 1.807) is 31.4 Å². The molecule has 0 aliphatic carbocycles. The Morgan fingerprint density at radius 3 is 2.63 bits per heavy atom. The van der Waals surface area contributed by atoms with Gasteiger partial charge in [-0.15, -0.1) is 11.6 Å². The summed E-state index contributed by atoms with van der Waals surface area (Å²) in [6, 6.07) is 7.00. The van der Waals surface area contributed by atoms with Crippen molar-refractivity contribution in [1.82, 2.24) is 5.32 Å². The minimum absolute atomic E-state index is 0.0298. The van der Waals surface area contributed by atoms with Crippen LogP contribution in [-0.4, -0.2) is 44.5 Å². The minimum atomic E-state index is -0.747. The van der Waals surface area contributed by atoms with Gasteiger partial charge in [0.05, 0.1) is 26.9 Å². The van der Waals surface area contributed by atoms with E-state index in [4.69, 9.17) is 26.2 Å². The summed E-state index contributed by atoms with van der Waals surface area (Å²) >= 11 is 6.06. The fourth-order valence-electron chi connectivity index (χ4n) is 1.43. The van der Waals surface area contributed by atoms with E-state index in [1.165, 1.54) is 0 Å². The second kappa shape index (κ2) is 8.74. The number of nitrogens with one attached hydrogen (secondary N) is 1. The second-order valence-electron chi connectivity index (χ2n) is 3.76. The summed E-state index contributed by atoms with van der Waals surface area (Å²) < 4.78 is 10.1. The molecular formula is C13H18ClNO4. The van der Waals surface area contributed by atoms with Gasteiger partial charge in [0.2, 0.25) is 5.91 Å². The zero-order valence-corrected chi connectivity index (χ0v) is 11.5. The maximum absolute atomic E-state index is 11.8. The molecular weight excluding hydrogens is 270 g/mol. The number of hydrogen-bond donors (Lipinski definition) is 2.